The molecule has 0 saturated carbocycles. The van der Waals surface area contributed by atoms with Crippen molar-refractivity contribution in [3.8, 4) is 6.07 Å². The van der Waals surface area contributed by atoms with Crippen LogP contribution in [-0.2, 0) is 4.79 Å². The zero-order valence-electron chi connectivity index (χ0n) is 12.4. The number of nitriles is 1. The molecule has 2 fully saturated rings. The van der Waals surface area contributed by atoms with Gasteiger partial charge in [0.2, 0.25) is 5.91 Å². The van der Waals surface area contributed by atoms with Gasteiger partial charge in [0.05, 0.1) is 18.0 Å². The number of hydrogen-bond acceptors (Lipinski definition) is 4. The van der Waals surface area contributed by atoms with Crippen molar-refractivity contribution in [3.63, 3.8) is 0 Å². The van der Waals surface area contributed by atoms with Crippen LogP contribution in [0.2, 0.25) is 0 Å². The van der Waals surface area contributed by atoms with E-state index in [1.54, 1.807) is 0 Å². The summed E-state index contributed by atoms with van der Waals surface area (Å²) in [5.41, 5.74) is 0. The normalized spacial score (nSPS) is 28.8. The highest BCUT2D eigenvalue weighted by Gasteiger charge is 2.25. The van der Waals surface area contributed by atoms with Gasteiger partial charge in [-0.2, -0.15) is 5.26 Å². The fourth-order valence-electron chi connectivity index (χ4n) is 3.19. The second kappa shape index (κ2) is 7.61. The largest absolute Gasteiger partial charge is 0.354 e. The number of nitrogens with one attached hydrogen (secondary N) is 2. The van der Waals surface area contributed by atoms with Crippen LogP contribution in [-0.4, -0.2) is 49.6 Å². The van der Waals surface area contributed by atoms with Crippen molar-refractivity contribution in [2.24, 2.45) is 11.8 Å². The number of piperidine rings is 1. The summed E-state index contributed by atoms with van der Waals surface area (Å²) in [6, 6.07) is 2.32. The maximum Gasteiger partial charge on any atom is 0.237 e. The molecule has 1 amide bonds. The summed E-state index contributed by atoms with van der Waals surface area (Å²) in [6.07, 6.45) is 4.40. The average Bonchev–Trinajstić information content (AvgIpc) is 2.99. The summed E-state index contributed by atoms with van der Waals surface area (Å²) in [4.78, 5) is 14.3. The van der Waals surface area contributed by atoms with Gasteiger partial charge in [-0.25, -0.2) is 0 Å². The SMILES string of the molecule is CC(C#N)CN1CCCC(CNC(=O)C2CCCN2)C1. The highest BCUT2D eigenvalue weighted by Crippen LogP contribution is 2.17. The van der Waals surface area contributed by atoms with Crippen LogP contribution >= 0.6 is 0 Å². The van der Waals surface area contributed by atoms with Crippen LogP contribution in [0.15, 0.2) is 0 Å². The molecule has 0 bridgehead atoms. The molecule has 20 heavy (non-hydrogen) atoms. The summed E-state index contributed by atoms with van der Waals surface area (Å²) >= 11 is 0. The molecule has 3 unspecified atom stereocenters. The van der Waals surface area contributed by atoms with Gasteiger partial charge in [-0.1, -0.05) is 0 Å². The fourth-order valence-corrected chi connectivity index (χ4v) is 3.19. The maximum absolute atomic E-state index is 12.0. The molecule has 0 spiro atoms. The Bertz CT molecular complexity index is 359. The van der Waals surface area contributed by atoms with Crippen molar-refractivity contribution in [1.29, 1.82) is 5.26 Å². The Hall–Kier alpha value is -1.12. The molecule has 3 atom stereocenters. The zero-order valence-corrected chi connectivity index (χ0v) is 12.4. The van der Waals surface area contributed by atoms with Gasteiger partial charge in [-0.15, -0.1) is 0 Å². The van der Waals surface area contributed by atoms with Crippen LogP contribution in [0.3, 0.4) is 0 Å². The Morgan fingerprint density at radius 3 is 3.05 bits per heavy atom. The molecule has 2 aliphatic heterocycles. The van der Waals surface area contributed by atoms with E-state index in [-0.39, 0.29) is 17.9 Å². The lowest BCUT2D eigenvalue weighted by atomic mass is 9.97. The average molecular weight is 278 g/mol. The predicted octanol–water partition coefficient (Wildman–Crippen LogP) is 0.726. The summed E-state index contributed by atoms with van der Waals surface area (Å²) in [6.45, 7) is 6.64. The van der Waals surface area contributed by atoms with Crippen molar-refractivity contribution in [3.05, 3.63) is 0 Å². The topological polar surface area (TPSA) is 68.2 Å². The highest BCUT2D eigenvalue weighted by molar-refractivity contribution is 5.81. The van der Waals surface area contributed by atoms with Crippen LogP contribution in [0.5, 0.6) is 0 Å². The molecule has 0 aliphatic carbocycles. The van der Waals surface area contributed by atoms with Gasteiger partial charge in [0.25, 0.3) is 0 Å². The quantitative estimate of drug-likeness (QED) is 0.778. The fraction of sp³-hybridized carbons (Fsp3) is 0.867. The third kappa shape index (κ3) is 4.46. The van der Waals surface area contributed by atoms with Crippen molar-refractivity contribution in [2.45, 2.75) is 38.6 Å². The molecule has 0 aromatic heterocycles. The predicted molar refractivity (Wildman–Crippen MR) is 78.0 cm³/mol. The zero-order chi connectivity index (χ0) is 14.4. The Morgan fingerprint density at radius 1 is 1.50 bits per heavy atom. The second-order valence-electron chi connectivity index (χ2n) is 6.19. The van der Waals surface area contributed by atoms with E-state index in [4.69, 9.17) is 5.26 Å². The van der Waals surface area contributed by atoms with E-state index in [1.807, 2.05) is 6.92 Å². The number of carbonyl (C=O) groups is 1. The van der Waals surface area contributed by atoms with E-state index in [9.17, 15) is 4.79 Å². The van der Waals surface area contributed by atoms with Crippen molar-refractivity contribution < 1.29 is 4.79 Å². The molecule has 0 radical (unpaired) electrons. The molecule has 2 rings (SSSR count). The molecule has 0 aromatic rings. The van der Waals surface area contributed by atoms with E-state index in [0.29, 0.717) is 5.92 Å². The molecule has 2 saturated heterocycles. The van der Waals surface area contributed by atoms with Crippen LogP contribution in [0.1, 0.15) is 32.6 Å². The second-order valence-corrected chi connectivity index (χ2v) is 6.19. The van der Waals surface area contributed by atoms with E-state index in [0.717, 1.165) is 45.6 Å². The number of carbonyl (C=O) groups excluding carboxylic acids is 1. The lowest BCUT2D eigenvalue weighted by Gasteiger charge is -2.33. The molecule has 112 valence electrons. The van der Waals surface area contributed by atoms with E-state index in [1.165, 1.54) is 12.8 Å². The Morgan fingerprint density at radius 2 is 2.35 bits per heavy atom. The van der Waals surface area contributed by atoms with Gasteiger partial charge in [0, 0.05) is 19.6 Å². The standard InChI is InChI=1S/C15H26N4O/c1-12(8-16)10-19-7-3-4-13(11-19)9-18-15(20)14-5-2-6-17-14/h12-14,17H,2-7,9-11H2,1H3,(H,18,20). The van der Waals surface area contributed by atoms with E-state index >= 15 is 0 Å². The van der Waals surface area contributed by atoms with Gasteiger partial charge < -0.3 is 15.5 Å². The van der Waals surface area contributed by atoms with Gasteiger partial charge in [-0.3, -0.25) is 4.79 Å². The molecule has 2 N–H and O–H groups in total. The Labute approximate surface area is 121 Å². The summed E-state index contributed by atoms with van der Waals surface area (Å²) in [5, 5.41) is 15.2. The molecule has 2 aliphatic rings. The summed E-state index contributed by atoms with van der Waals surface area (Å²) in [7, 11) is 0. The van der Waals surface area contributed by atoms with Crippen LogP contribution in [0.25, 0.3) is 0 Å². The van der Waals surface area contributed by atoms with Crippen molar-refractivity contribution >= 4 is 5.91 Å². The first-order valence-corrected chi connectivity index (χ1v) is 7.82. The Kier molecular flexibility index (Phi) is 5.81. The molecular formula is C15H26N4O. The molecule has 2 heterocycles. The summed E-state index contributed by atoms with van der Waals surface area (Å²) < 4.78 is 0. The first-order chi connectivity index (χ1) is 9.69. The number of rotatable bonds is 5. The van der Waals surface area contributed by atoms with Crippen molar-refractivity contribution in [1.82, 2.24) is 15.5 Å². The summed E-state index contributed by atoms with van der Waals surface area (Å²) in [5.74, 6) is 0.774. The number of likely N-dealkylation sites (tertiary alicyclic amines) is 1. The highest BCUT2D eigenvalue weighted by atomic mass is 16.2. The van der Waals surface area contributed by atoms with Gasteiger partial charge >= 0.3 is 0 Å². The first-order valence-electron chi connectivity index (χ1n) is 7.82. The third-order valence-electron chi connectivity index (χ3n) is 4.30. The number of hydrogen-bond donors (Lipinski definition) is 2. The smallest absolute Gasteiger partial charge is 0.237 e. The van der Waals surface area contributed by atoms with Crippen LogP contribution < -0.4 is 10.6 Å². The minimum Gasteiger partial charge on any atom is -0.354 e. The van der Waals surface area contributed by atoms with Crippen LogP contribution in [0.4, 0.5) is 0 Å². The lowest BCUT2D eigenvalue weighted by molar-refractivity contribution is -0.123. The van der Waals surface area contributed by atoms with Gasteiger partial charge in [0.1, 0.15) is 0 Å². The third-order valence-corrected chi connectivity index (χ3v) is 4.30. The van der Waals surface area contributed by atoms with E-state index in [2.05, 4.69) is 21.6 Å². The van der Waals surface area contributed by atoms with Gasteiger partial charge in [-0.05, 0) is 51.6 Å². The minimum absolute atomic E-state index is 0.0216. The number of nitrogens with zero attached hydrogens (tertiary/aromatic N) is 2. The monoisotopic (exact) mass is 278 g/mol. The van der Waals surface area contributed by atoms with E-state index < -0.39 is 0 Å². The minimum atomic E-state index is 0.0216. The Balaban J connectivity index is 1.70. The first kappa shape index (κ1) is 15.3. The molecule has 0 aromatic carbocycles. The van der Waals surface area contributed by atoms with Crippen LogP contribution in [0, 0.1) is 23.2 Å². The van der Waals surface area contributed by atoms with Crippen molar-refractivity contribution in [2.75, 3.05) is 32.7 Å². The molecule has 5 nitrogen and oxygen atoms in total. The molecular weight excluding hydrogens is 252 g/mol. The number of amides is 1. The van der Waals surface area contributed by atoms with Gasteiger partial charge in [0.15, 0.2) is 0 Å². The molecule has 5 heteroatoms. The lowest BCUT2D eigenvalue weighted by Crippen LogP contribution is -2.46. The maximum atomic E-state index is 12.0.